The lowest BCUT2D eigenvalue weighted by Crippen LogP contribution is -2.02. The van der Waals surface area contributed by atoms with Gasteiger partial charge in [0.2, 0.25) is 5.78 Å². The molecule has 6 heteroatoms. The summed E-state index contributed by atoms with van der Waals surface area (Å²) in [6, 6.07) is 6.42. The third-order valence-electron chi connectivity index (χ3n) is 3.46. The molecule has 0 spiro atoms. The maximum absolute atomic E-state index is 12.4. The van der Waals surface area contributed by atoms with E-state index in [0.29, 0.717) is 11.1 Å². The van der Waals surface area contributed by atoms with Crippen molar-refractivity contribution >= 4 is 11.4 Å². The minimum atomic E-state index is -0.516. The van der Waals surface area contributed by atoms with E-state index in [0.717, 1.165) is 6.07 Å². The van der Waals surface area contributed by atoms with Crippen LogP contribution in [-0.4, -0.2) is 26.2 Å². The zero-order valence-corrected chi connectivity index (χ0v) is 11.5. The average molecular weight is 300 g/mol. The molecule has 3 rings (SSSR count). The summed E-state index contributed by atoms with van der Waals surface area (Å²) in [5, 5.41) is 38.1. The molecule has 0 aliphatic carbocycles. The number of hydrogen-bond donors (Lipinski definition) is 4. The molecule has 2 aromatic rings. The van der Waals surface area contributed by atoms with Crippen LogP contribution >= 0.6 is 0 Å². The van der Waals surface area contributed by atoms with E-state index in [1.165, 1.54) is 24.3 Å². The molecule has 1 aliphatic rings. The van der Waals surface area contributed by atoms with Crippen LogP contribution in [-0.2, 0) is 0 Å². The van der Waals surface area contributed by atoms with Crippen LogP contribution in [0.5, 0.6) is 28.7 Å². The number of ether oxygens (including phenoxy) is 1. The Morgan fingerprint density at radius 3 is 2.36 bits per heavy atom. The number of phenols is 4. The fraction of sp³-hybridized carbons (Fsp3) is 0.0625. The Labute approximate surface area is 125 Å². The minimum absolute atomic E-state index is 0.0130. The van der Waals surface area contributed by atoms with Gasteiger partial charge in [0.1, 0.15) is 22.8 Å². The lowest BCUT2D eigenvalue weighted by atomic mass is 10.0. The van der Waals surface area contributed by atoms with Crippen LogP contribution in [0.15, 0.2) is 36.1 Å². The highest BCUT2D eigenvalue weighted by atomic mass is 16.5. The molecule has 2 aromatic carbocycles. The maximum Gasteiger partial charge on any atom is 0.236 e. The van der Waals surface area contributed by atoms with Gasteiger partial charge in [0.05, 0.1) is 0 Å². The van der Waals surface area contributed by atoms with Gasteiger partial charge in [-0.05, 0) is 24.6 Å². The summed E-state index contributed by atoms with van der Waals surface area (Å²) in [5.41, 5.74) is 0.890. The zero-order valence-electron chi connectivity index (χ0n) is 11.5. The maximum atomic E-state index is 12.4. The van der Waals surface area contributed by atoms with Gasteiger partial charge >= 0.3 is 0 Å². The quantitative estimate of drug-likeness (QED) is 0.476. The number of ketones is 1. The van der Waals surface area contributed by atoms with Crippen LogP contribution in [0.1, 0.15) is 22.8 Å². The second-order valence-electron chi connectivity index (χ2n) is 4.93. The Kier molecular flexibility index (Phi) is 2.95. The molecule has 1 heterocycles. The Balaban J connectivity index is 2.11. The van der Waals surface area contributed by atoms with Crippen molar-refractivity contribution in [3.63, 3.8) is 0 Å². The molecule has 0 radical (unpaired) electrons. The molecule has 0 fully saturated rings. The van der Waals surface area contributed by atoms with Gasteiger partial charge in [0, 0.05) is 17.7 Å². The number of aromatic hydroxyl groups is 4. The Morgan fingerprint density at radius 1 is 0.955 bits per heavy atom. The zero-order chi connectivity index (χ0) is 16.0. The van der Waals surface area contributed by atoms with Crippen molar-refractivity contribution in [3.8, 4) is 28.7 Å². The molecule has 112 valence electrons. The van der Waals surface area contributed by atoms with E-state index < -0.39 is 5.78 Å². The topological polar surface area (TPSA) is 107 Å². The number of Topliss-reactive ketones (excluding diaryl/α,β-unsaturated/α-hetero) is 1. The van der Waals surface area contributed by atoms with Crippen molar-refractivity contribution in [2.24, 2.45) is 0 Å². The molecule has 0 bridgehead atoms. The number of allylic oxidation sites excluding steroid dienone is 2. The summed E-state index contributed by atoms with van der Waals surface area (Å²) < 4.78 is 5.43. The monoisotopic (exact) mass is 300 g/mol. The Morgan fingerprint density at radius 2 is 1.68 bits per heavy atom. The number of benzene rings is 2. The molecule has 0 saturated heterocycles. The number of carbonyl (C=O) groups excluding carboxylic acids is 1. The van der Waals surface area contributed by atoms with E-state index in [1.807, 2.05) is 0 Å². The second-order valence-corrected chi connectivity index (χ2v) is 4.93. The molecule has 1 aliphatic heterocycles. The van der Waals surface area contributed by atoms with Gasteiger partial charge in [0.25, 0.3) is 0 Å². The van der Waals surface area contributed by atoms with Gasteiger partial charge in [-0.2, -0.15) is 0 Å². The first-order chi connectivity index (χ1) is 10.4. The Hall–Kier alpha value is -3.15. The smallest absolute Gasteiger partial charge is 0.236 e. The highest BCUT2D eigenvalue weighted by Crippen LogP contribution is 2.42. The van der Waals surface area contributed by atoms with Crippen molar-refractivity contribution in [3.05, 3.63) is 47.2 Å². The van der Waals surface area contributed by atoms with Crippen LogP contribution in [0.25, 0.3) is 5.57 Å². The third-order valence-corrected chi connectivity index (χ3v) is 3.46. The van der Waals surface area contributed by atoms with Gasteiger partial charge in [-0.25, -0.2) is 0 Å². The number of rotatable bonds is 1. The summed E-state index contributed by atoms with van der Waals surface area (Å²) in [6.07, 6.45) is 0. The molecule has 0 unspecified atom stereocenters. The van der Waals surface area contributed by atoms with Crippen LogP contribution < -0.4 is 4.74 Å². The van der Waals surface area contributed by atoms with E-state index in [9.17, 15) is 25.2 Å². The summed E-state index contributed by atoms with van der Waals surface area (Å²) in [5.74, 6) is -1.63. The standard InChI is InChI=1S/C16H12O6/c1-7(8-2-3-10(18)11(19)4-8)16-15(21)14-12(20)5-9(17)6-13(14)22-16/h2-6,17-20H,1H3. The van der Waals surface area contributed by atoms with Crippen molar-refractivity contribution in [1.82, 2.24) is 0 Å². The van der Waals surface area contributed by atoms with E-state index in [1.54, 1.807) is 6.92 Å². The van der Waals surface area contributed by atoms with Crippen LogP contribution in [0.3, 0.4) is 0 Å². The first-order valence-electron chi connectivity index (χ1n) is 6.40. The molecule has 0 saturated carbocycles. The minimum Gasteiger partial charge on any atom is -0.508 e. The summed E-state index contributed by atoms with van der Waals surface area (Å²) in [7, 11) is 0. The molecule has 0 aromatic heterocycles. The first kappa shape index (κ1) is 13.8. The van der Waals surface area contributed by atoms with Crippen LogP contribution in [0.4, 0.5) is 0 Å². The van der Waals surface area contributed by atoms with Crippen molar-refractivity contribution in [2.75, 3.05) is 0 Å². The fourth-order valence-electron chi connectivity index (χ4n) is 2.30. The van der Waals surface area contributed by atoms with Crippen LogP contribution in [0.2, 0.25) is 0 Å². The lowest BCUT2D eigenvalue weighted by Gasteiger charge is -2.07. The number of fused-ring (bicyclic) bond motifs is 1. The Bertz CT molecular complexity index is 835. The van der Waals surface area contributed by atoms with E-state index in [2.05, 4.69) is 0 Å². The van der Waals surface area contributed by atoms with Crippen molar-refractivity contribution in [2.45, 2.75) is 6.92 Å². The number of carbonyl (C=O) groups is 1. The van der Waals surface area contributed by atoms with E-state index in [-0.39, 0.29) is 40.1 Å². The van der Waals surface area contributed by atoms with Crippen molar-refractivity contribution in [1.29, 1.82) is 0 Å². The summed E-state index contributed by atoms with van der Waals surface area (Å²) >= 11 is 0. The highest BCUT2D eigenvalue weighted by molar-refractivity contribution is 6.17. The number of hydrogen-bond acceptors (Lipinski definition) is 6. The normalized spacial score (nSPS) is 15.4. The van der Waals surface area contributed by atoms with Gasteiger partial charge in [0.15, 0.2) is 17.3 Å². The molecule has 4 N–H and O–H groups in total. The van der Waals surface area contributed by atoms with Crippen LogP contribution in [0, 0.1) is 0 Å². The largest absolute Gasteiger partial charge is 0.508 e. The van der Waals surface area contributed by atoms with Gasteiger partial charge in [-0.3, -0.25) is 4.79 Å². The predicted octanol–water partition coefficient (Wildman–Crippen LogP) is 2.52. The molecule has 6 nitrogen and oxygen atoms in total. The predicted molar refractivity (Wildman–Crippen MR) is 77.1 cm³/mol. The second kappa shape index (κ2) is 4.70. The fourth-order valence-corrected chi connectivity index (χ4v) is 2.30. The molecular formula is C16H12O6. The van der Waals surface area contributed by atoms with Gasteiger partial charge < -0.3 is 25.2 Å². The number of phenolic OH excluding ortho intramolecular Hbond substituents is 4. The van der Waals surface area contributed by atoms with E-state index >= 15 is 0 Å². The molecule has 22 heavy (non-hydrogen) atoms. The lowest BCUT2D eigenvalue weighted by molar-refractivity contribution is 0.101. The highest BCUT2D eigenvalue weighted by Gasteiger charge is 2.33. The first-order valence-corrected chi connectivity index (χ1v) is 6.40. The van der Waals surface area contributed by atoms with Gasteiger partial charge in [-0.1, -0.05) is 6.07 Å². The summed E-state index contributed by atoms with van der Waals surface area (Å²) in [4.78, 5) is 12.4. The summed E-state index contributed by atoms with van der Waals surface area (Å²) in [6.45, 7) is 1.61. The van der Waals surface area contributed by atoms with E-state index in [4.69, 9.17) is 4.74 Å². The average Bonchev–Trinajstić information content (AvgIpc) is 2.78. The van der Waals surface area contributed by atoms with Gasteiger partial charge in [-0.15, -0.1) is 0 Å². The molecule has 0 atom stereocenters. The third kappa shape index (κ3) is 2.01. The van der Waals surface area contributed by atoms with Crippen molar-refractivity contribution < 1.29 is 30.0 Å². The SMILES string of the molecule is CC(=C1Oc2cc(O)cc(O)c2C1=O)c1ccc(O)c(O)c1. The molecular weight excluding hydrogens is 288 g/mol. The molecule has 0 amide bonds.